The third-order valence-corrected chi connectivity index (χ3v) is 5.22. The molecular formula is C25H16O2. The van der Waals surface area contributed by atoms with E-state index >= 15 is 0 Å². The second kappa shape index (κ2) is 6.03. The molecule has 0 saturated carbocycles. The van der Waals surface area contributed by atoms with Crippen molar-refractivity contribution in [2.24, 2.45) is 0 Å². The second-order valence-electron chi connectivity index (χ2n) is 6.80. The predicted molar refractivity (Wildman–Crippen MR) is 108 cm³/mol. The Kier molecular flexibility index (Phi) is 3.51. The van der Waals surface area contributed by atoms with Gasteiger partial charge in [-0.2, -0.15) is 0 Å². The minimum atomic E-state index is -0.0863. The summed E-state index contributed by atoms with van der Waals surface area (Å²) in [5, 5.41) is 2.01. The Bertz CT molecular complexity index is 1110. The summed E-state index contributed by atoms with van der Waals surface area (Å²) in [6.45, 7) is 0. The van der Waals surface area contributed by atoms with Gasteiger partial charge < -0.3 is 0 Å². The highest BCUT2D eigenvalue weighted by Gasteiger charge is 2.35. The van der Waals surface area contributed by atoms with Gasteiger partial charge in [-0.1, -0.05) is 84.9 Å². The topological polar surface area (TPSA) is 34.1 Å². The average Bonchev–Trinajstić information content (AvgIpc) is 3.01. The molecule has 0 amide bonds. The number of rotatable bonds is 2. The number of fused-ring (bicyclic) bond motifs is 2. The normalized spacial score (nSPS) is 13.2. The van der Waals surface area contributed by atoms with Crippen LogP contribution in [0.2, 0.25) is 0 Å². The lowest BCUT2D eigenvalue weighted by Gasteiger charge is -2.17. The molecule has 2 heteroatoms. The summed E-state index contributed by atoms with van der Waals surface area (Å²) < 4.78 is 0. The molecule has 27 heavy (non-hydrogen) atoms. The van der Waals surface area contributed by atoms with Gasteiger partial charge in [0.15, 0.2) is 11.6 Å². The van der Waals surface area contributed by atoms with Crippen LogP contribution in [0.15, 0.2) is 84.9 Å². The van der Waals surface area contributed by atoms with E-state index in [0.29, 0.717) is 11.1 Å². The Morgan fingerprint density at radius 2 is 0.815 bits per heavy atom. The van der Waals surface area contributed by atoms with Crippen LogP contribution in [0.3, 0.4) is 0 Å². The molecule has 0 fully saturated rings. The average molecular weight is 348 g/mol. The summed E-state index contributed by atoms with van der Waals surface area (Å²) >= 11 is 0. The molecule has 0 unspecified atom stereocenters. The molecule has 4 aromatic carbocycles. The van der Waals surface area contributed by atoms with Gasteiger partial charge in [-0.3, -0.25) is 9.59 Å². The molecule has 0 radical (unpaired) electrons. The maximum absolute atomic E-state index is 12.9. The van der Waals surface area contributed by atoms with Gasteiger partial charge in [-0.25, -0.2) is 0 Å². The molecule has 1 aliphatic rings. The number of benzene rings is 4. The Balaban J connectivity index is 2.01. The van der Waals surface area contributed by atoms with Crippen molar-refractivity contribution in [3.8, 4) is 22.3 Å². The molecule has 0 spiro atoms. The van der Waals surface area contributed by atoms with Crippen LogP contribution in [0.4, 0.5) is 0 Å². The molecule has 0 saturated heterocycles. The molecular weight excluding hydrogens is 332 g/mol. The lowest BCUT2D eigenvalue weighted by molar-refractivity contribution is 0.0923. The number of ketones is 2. The predicted octanol–water partition coefficient (Wildman–Crippen LogP) is 5.94. The fourth-order valence-electron chi connectivity index (χ4n) is 4.13. The zero-order valence-electron chi connectivity index (χ0n) is 14.6. The first-order chi connectivity index (χ1) is 13.3. The Hall–Kier alpha value is -3.52. The van der Waals surface area contributed by atoms with E-state index in [0.717, 1.165) is 33.0 Å². The first-order valence-electron chi connectivity index (χ1n) is 9.01. The lowest BCUT2D eigenvalue weighted by Crippen LogP contribution is -2.01. The van der Waals surface area contributed by atoms with Crippen LogP contribution < -0.4 is 0 Å². The monoisotopic (exact) mass is 348 g/mol. The highest BCUT2D eigenvalue weighted by Crippen LogP contribution is 2.45. The number of Topliss-reactive ketones (excluding diaryl/α,β-unsaturated/α-hetero) is 2. The minimum absolute atomic E-state index is 0.0503. The summed E-state index contributed by atoms with van der Waals surface area (Å²) in [6.07, 6.45) is -0.0503. The van der Waals surface area contributed by atoms with Crippen LogP contribution in [-0.2, 0) is 0 Å². The van der Waals surface area contributed by atoms with E-state index in [9.17, 15) is 9.59 Å². The molecule has 128 valence electrons. The fourth-order valence-corrected chi connectivity index (χ4v) is 4.13. The van der Waals surface area contributed by atoms with E-state index < -0.39 is 0 Å². The van der Waals surface area contributed by atoms with Crippen molar-refractivity contribution in [2.45, 2.75) is 6.42 Å². The third-order valence-electron chi connectivity index (χ3n) is 5.22. The van der Waals surface area contributed by atoms with Gasteiger partial charge in [0.2, 0.25) is 0 Å². The minimum Gasteiger partial charge on any atom is -0.294 e. The molecule has 0 heterocycles. The van der Waals surface area contributed by atoms with E-state index in [1.165, 1.54) is 0 Å². The van der Waals surface area contributed by atoms with E-state index in [1.54, 1.807) is 0 Å². The van der Waals surface area contributed by atoms with E-state index in [-0.39, 0.29) is 18.0 Å². The molecule has 0 aromatic heterocycles. The molecule has 0 N–H and O–H groups in total. The molecule has 5 rings (SSSR count). The third kappa shape index (κ3) is 2.34. The van der Waals surface area contributed by atoms with E-state index in [2.05, 4.69) is 0 Å². The maximum Gasteiger partial charge on any atom is 0.172 e. The van der Waals surface area contributed by atoms with Crippen LogP contribution >= 0.6 is 0 Å². The first-order valence-corrected chi connectivity index (χ1v) is 9.01. The Morgan fingerprint density at radius 3 is 1.22 bits per heavy atom. The highest BCUT2D eigenvalue weighted by atomic mass is 16.2. The second-order valence-corrected chi connectivity index (χ2v) is 6.80. The summed E-state index contributed by atoms with van der Waals surface area (Å²) in [6, 6.07) is 27.8. The molecule has 4 aromatic rings. The van der Waals surface area contributed by atoms with Gasteiger partial charge in [0.05, 0.1) is 6.42 Å². The standard InChI is InChI=1S/C25H16O2/c26-20-15-21(27)25-23(17-11-5-2-6-12-17)19-14-8-7-13-18(19)22(24(20)25)16-9-3-1-4-10-16/h1-14H,15H2. The zero-order valence-corrected chi connectivity index (χ0v) is 14.6. The van der Waals surface area contributed by atoms with Crippen molar-refractivity contribution < 1.29 is 9.59 Å². The number of hydrogen-bond acceptors (Lipinski definition) is 2. The molecule has 2 nitrogen and oxygen atoms in total. The van der Waals surface area contributed by atoms with Crippen molar-refractivity contribution in [2.75, 3.05) is 0 Å². The van der Waals surface area contributed by atoms with Crippen molar-refractivity contribution in [3.05, 3.63) is 96.1 Å². The Labute approximate surface area is 157 Å². The van der Waals surface area contributed by atoms with Crippen LogP contribution in [0, 0.1) is 0 Å². The van der Waals surface area contributed by atoms with Crippen molar-refractivity contribution in [3.63, 3.8) is 0 Å². The van der Waals surface area contributed by atoms with Crippen LogP contribution in [0.25, 0.3) is 33.0 Å². The van der Waals surface area contributed by atoms with Crippen molar-refractivity contribution in [1.29, 1.82) is 0 Å². The van der Waals surface area contributed by atoms with Gasteiger partial charge in [0.1, 0.15) is 0 Å². The maximum atomic E-state index is 12.9. The number of carbonyl (C=O) groups excluding carboxylic acids is 2. The molecule has 0 aliphatic heterocycles. The van der Waals surface area contributed by atoms with E-state index in [1.807, 2.05) is 84.9 Å². The van der Waals surface area contributed by atoms with Gasteiger partial charge in [0.25, 0.3) is 0 Å². The van der Waals surface area contributed by atoms with E-state index in [4.69, 9.17) is 0 Å². The van der Waals surface area contributed by atoms with Gasteiger partial charge in [-0.05, 0) is 21.9 Å². The van der Waals surface area contributed by atoms with Gasteiger partial charge >= 0.3 is 0 Å². The van der Waals surface area contributed by atoms with Crippen LogP contribution in [0.1, 0.15) is 27.1 Å². The lowest BCUT2D eigenvalue weighted by atomic mass is 9.84. The van der Waals surface area contributed by atoms with Crippen molar-refractivity contribution in [1.82, 2.24) is 0 Å². The fraction of sp³-hybridized carbons (Fsp3) is 0.0400. The molecule has 0 atom stereocenters. The van der Waals surface area contributed by atoms with Crippen LogP contribution in [0.5, 0.6) is 0 Å². The van der Waals surface area contributed by atoms with Gasteiger partial charge in [-0.15, -0.1) is 0 Å². The molecule has 1 aliphatic carbocycles. The number of hydrogen-bond donors (Lipinski definition) is 0. The smallest absolute Gasteiger partial charge is 0.172 e. The van der Waals surface area contributed by atoms with Crippen molar-refractivity contribution >= 4 is 22.3 Å². The summed E-state index contributed by atoms with van der Waals surface area (Å²) in [4.78, 5) is 25.8. The summed E-state index contributed by atoms with van der Waals surface area (Å²) in [7, 11) is 0. The summed E-state index contributed by atoms with van der Waals surface area (Å²) in [5.41, 5.74) is 4.82. The Morgan fingerprint density at radius 1 is 0.444 bits per heavy atom. The quantitative estimate of drug-likeness (QED) is 0.420. The number of carbonyl (C=O) groups is 2. The SMILES string of the molecule is O=C1CC(=O)c2c1c(-c1ccccc1)c1ccccc1c2-c1ccccc1. The summed E-state index contributed by atoms with van der Waals surface area (Å²) in [5.74, 6) is -0.173. The highest BCUT2D eigenvalue weighted by molar-refractivity contribution is 6.33. The largest absolute Gasteiger partial charge is 0.294 e. The first kappa shape index (κ1) is 15.7. The molecule has 0 bridgehead atoms. The zero-order chi connectivity index (χ0) is 18.4. The van der Waals surface area contributed by atoms with Gasteiger partial charge in [0, 0.05) is 22.3 Å². The van der Waals surface area contributed by atoms with Crippen LogP contribution in [-0.4, -0.2) is 11.6 Å².